The Hall–Kier alpha value is -3.27. The quantitative estimate of drug-likeness (QED) is 0.476. The highest BCUT2D eigenvalue weighted by Crippen LogP contribution is 2.24. The summed E-state index contributed by atoms with van der Waals surface area (Å²) in [6.45, 7) is 5.85. The number of hydrogen-bond acceptors (Lipinski definition) is 5. The van der Waals surface area contributed by atoms with Gasteiger partial charge in [0.15, 0.2) is 0 Å². The molecule has 4 rings (SSSR count). The number of nitrogens with zero attached hydrogens (tertiary/aromatic N) is 2. The minimum atomic E-state index is -4.05. The first-order valence-corrected chi connectivity index (χ1v) is 13.2. The first kappa shape index (κ1) is 25.8. The van der Waals surface area contributed by atoms with Crippen molar-refractivity contribution < 1.29 is 22.3 Å². The summed E-state index contributed by atoms with van der Waals surface area (Å²) in [7, 11) is -4.05. The summed E-state index contributed by atoms with van der Waals surface area (Å²) in [6, 6.07) is 19.4. The number of morpholine rings is 1. The maximum Gasteiger partial charge on any atom is 0.264 e. The molecule has 0 unspecified atom stereocenters. The van der Waals surface area contributed by atoms with Crippen LogP contribution < -0.4 is 9.62 Å². The number of carbonyl (C=O) groups is 1. The lowest BCUT2D eigenvalue weighted by molar-refractivity contribution is -0.119. The van der Waals surface area contributed by atoms with Crippen LogP contribution in [-0.4, -0.2) is 52.1 Å². The summed E-state index contributed by atoms with van der Waals surface area (Å²) in [5.41, 5.74) is 3.21. The van der Waals surface area contributed by atoms with Gasteiger partial charge in [-0.05, 0) is 54.4 Å². The number of carbonyl (C=O) groups excluding carboxylic acids is 1. The Bertz CT molecular complexity index is 1260. The molecule has 0 aliphatic carbocycles. The van der Waals surface area contributed by atoms with E-state index >= 15 is 0 Å². The molecule has 3 aromatic carbocycles. The molecular weight excluding hydrogens is 481 g/mol. The zero-order valence-corrected chi connectivity index (χ0v) is 21.0. The lowest BCUT2D eigenvalue weighted by Gasteiger charge is -2.26. The molecular formula is C27H30FN3O4S. The number of anilines is 1. The molecule has 3 aromatic rings. The molecule has 0 atom stereocenters. The fourth-order valence-corrected chi connectivity index (χ4v) is 5.35. The Morgan fingerprint density at radius 1 is 0.944 bits per heavy atom. The molecule has 0 radical (unpaired) electrons. The SMILES string of the molecule is Cc1ccc(S(=O)(=O)N(CC(=O)NCc2ccc(CN3CCOCC3)cc2)c2ccc(F)cc2)cc1. The average molecular weight is 512 g/mol. The van der Waals surface area contributed by atoms with Crippen molar-refractivity contribution in [2.45, 2.75) is 24.9 Å². The van der Waals surface area contributed by atoms with Gasteiger partial charge in [-0.25, -0.2) is 12.8 Å². The van der Waals surface area contributed by atoms with E-state index in [0.717, 1.165) is 48.3 Å². The lowest BCUT2D eigenvalue weighted by Crippen LogP contribution is -2.40. The standard InChI is InChI=1S/C27H30FN3O4S/c1-21-2-12-26(13-3-21)36(33,34)31(25-10-8-24(28)9-11-25)20-27(32)29-18-22-4-6-23(7-5-22)19-30-14-16-35-17-15-30/h2-13H,14-20H2,1H3,(H,29,32). The molecule has 9 heteroatoms. The molecule has 1 aliphatic heterocycles. The first-order chi connectivity index (χ1) is 17.3. The van der Waals surface area contributed by atoms with Crippen molar-refractivity contribution in [3.63, 3.8) is 0 Å². The second-order valence-electron chi connectivity index (χ2n) is 8.78. The number of sulfonamides is 1. The molecule has 0 saturated carbocycles. The number of halogens is 1. The van der Waals surface area contributed by atoms with Gasteiger partial charge in [0.05, 0.1) is 23.8 Å². The molecule has 0 bridgehead atoms. The van der Waals surface area contributed by atoms with E-state index in [2.05, 4.69) is 10.2 Å². The highest BCUT2D eigenvalue weighted by Gasteiger charge is 2.27. The van der Waals surface area contributed by atoms with Crippen molar-refractivity contribution in [3.8, 4) is 0 Å². The molecule has 1 fully saturated rings. The lowest BCUT2D eigenvalue weighted by atomic mass is 10.1. The van der Waals surface area contributed by atoms with Gasteiger partial charge in [-0.1, -0.05) is 42.0 Å². The van der Waals surface area contributed by atoms with Crippen molar-refractivity contribution in [2.75, 3.05) is 37.2 Å². The third kappa shape index (κ3) is 6.69. The van der Waals surface area contributed by atoms with Gasteiger partial charge in [0.1, 0.15) is 12.4 Å². The van der Waals surface area contributed by atoms with Gasteiger partial charge in [-0.2, -0.15) is 0 Å². The molecule has 1 aliphatic rings. The van der Waals surface area contributed by atoms with E-state index in [4.69, 9.17) is 4.74 Å². The van der Waals surface area contributed by atoms with Crippen LogP contribution in [0.5, 0.6) is 0 Å². The fourth-order valence-electron chi connectivity index (χ4n) is 3.93. The monoisotopic (exact) mass is 511 g/mol. The molecule has 36 heavy (non-hydrogen) atoms. The Labute approximate surface area is 211 Å². The van der Waals surface area contributed by atoms with Gasteiger partial charge < -0.3 is 10.1 Å². The number of nitrogens with one attached hydrogen (secondary N) is 1. The van der Waals surface area contributed by atoms with Crippen LogP contribution in [-0.2, 0) is 32.6 Å². The molecule has 0 aromatic heterocycles. The van der Waals surface area contributed by atoms with Gasteiger partial charge in [0, 0.05) is 26.2 Å². The number of benzene rings is 3. The number of amides is 1. The predicted octanol–water partition coefficient (Wildman–Crippen LogP) is 3.48. The van der Waals surface area contributed by atoms with E-state index in [0.29, 0.717) is 0 Å². The maximum absolute atomic E-state index is 13.5. The largest absolute Gasteiger partial charge is 0.379 e. The summed E-state index contributed by atoms with van der Waals surface area (Å²) in [4.78, 5) is 15.2. The van der Waals surface area contributed by atoms with E-state index < -0.39 is 28.3 Å². The van der Waals surface area contributed by atoms with Crippen LogP contribution in [0.2, 0.25) is 0 Å². The van der Waals surface area contributed by atoms with Gasteiger partial charge in [-0.15, -0.1) is 0 Å². The summed E-state index contributed by atoms with van der Waals surface area (Å²) in [5, 5.41) is 2.80. The minimum absolute atomic E-state index is 0.0566. The maximum atomic E-state index is 13.5. The van der Waals surface area contributed by atoms with E-state index in [-0.39, 0.29) is 17.1 Å². The van der Waals surface area contributed by atoms with Gasteiger partial charge >= 0.3 is 0 Å². The zero-order valence-electron chi connectivity index (χ0n) is 20.2. The van der Waals surface area contributed by atoms with Crippen molar-refractivity contribution in [1.82, 2.24) is 10.2 Å². The Morgan fingerprint density at radius 2 is 1.56 bits per heavy atom. The van der Waals surface area contributed by atoms with E-state index in [1.54, 1.807) is 12.1 Å². The first-order valence-electron chi connectivity index (χ1n) is 11.8. The Balaban J connectivity index is 1.42. The molecule has 7 nitrogen and oxygen atoms in total. The number of aryl methyl sites for hydroxylation is 1. The normalized spacial score (nSPS) is 14.4. The number of rotatable bonds is 9. The fraction of sp³-hybridized carbons (Fsp3) is 0.296. The van der Waals surface area contributed by atoms with Crippen LogP contribution in [0.25, 0.3) is 0 Å². The van der Waals surface area contributed by atoms with Crippen LogP contribution in [0, 0.1) is 12.7 Å². The Kier molecular flexibility index (Phi) is 8.35. The van der Waals surface area contributed by atoms with Crippen molar-refractivity contribution >= 4 is 21.6 Å². The third-order valence-corrected chi connectivity index (χ3v) is 7.82. The van der Waals surface area contributed by atoms with Gasteiger partial charge in [0.2, 0.25) is 5.91 Å². The molecule has 0 spiro atoms. The summed E-state index contributed by atoms with van der Waals surface area (Å²) in [6.07, 6.45) is 0. The van der Waals surface area contributed by atoms with Gasteiger partial charge in [0.25, 0.3) is 10.0 Å². The summed E-state index contributed by atoms with van der Waals surface area (Å²) in [5.74, 6) is -0.958. The second kappa shape index (κ2) is 11.6. The summed E-state index contributed by atoms with van der Waals surface area (Å²) < 4.78 is 46.6. The number of ether oxygens (including phenoxy) is 1. The van der Waals surface area contributed by atoms with Crippen molar-refractivity contribution in [2.24, 2.45) is 0 Å². The highest BCUT2D eigenvalue weighted by molar-refractivity contribution is 7.92. The molecule has 190 valence electrons. The highest BCUT2D eigenvalue weighted by atomic mass is 32.2. The summed E-state index contributed by atoms with van der Waals surface area (Å²) >= 11 is 0. The molecule has 1 amide bonds. The van der Waals surface area contributed by atoms with Crippen LogP contribution >= 0.6 is 0 Å². The zero-order chi connectivity index (χ0) is 25.5. The van der Waals surface area contributed by atoms with Crippen molar-refractivity contribution in [3.05, 3.63) is 95.3 Å². The topological polar surface area (TPSA) is 79.0 Å². The third-order valence-electron chi connectivity index (χ3n) is 6.03. The molecule has 1 heterocycles. The molecule has 1 saturated heterocycles. The van der Waals surface area contributed by atoms with E-state index in [1.807, 2.05) is 31.2 Å². The van der Waals surface area contributed by atoms with Crippen LogP contribution in [0.1, 0.15) is 16.7 Å². The number of hydrogen-bond donors (Lipinski definition) is 1. The minimum Gasteiger partial charge on any atom is -0.379 e. The Morgan fingerprint density at radius 3 is 2.19 bits per heavy atom. The second-order valence-corrected chi connectivity index (χ2v) is 10.6. The predicted molar refractivity (Wildman–Crippen MR) is 136 cm³/mol. The van der Waals surface area contributed by atoms with E-state index in [9.17, 15) is 17.6 Å². The molecule has 1 N–H and O–H groups in total. The van der Waals surface area contributed by atoms with Gasteiger partial charge in [-0.3, -0.25) is 14.0 Å². The van der Waals surface area contributed by atoms with Crippen molar-refractivity contribution in [1.29, 1.82) is 0 Å². The van der Waals surface area contributed by atoms with E-state index in [1.165, 1.54) is 42.0 Å². The van der Waals surface area contributed by atoms with Crippen LogP contribution in [0.4, 0.5) is 10.1 Å². The van der Waals surface area contributed by atoms with Crippen LogP contribution in [0.15, 0.2) is 77.7 Å². The van der Waals surface area contributed by atoms with Crippen LogP contribution in [0.3, 0.4) is 0 Å². The average Bonchev–Trinajstić information content (AvgIpc) is 2.88. The smallest absolute Gasteiger partial charge is 0.264 e.